The highest BCUT2D eigenvalue weighted by atomic mass is 16.4. The summed E-state index contributed by atoms with van der Waals surface area (Å²) in [6.07, 6.45) is 0.0988. The molecule has 0 heterocycles. The molecule has 0 radical (unpaired) electrons. The lowest BCUT2D eigenvalue weighted by molar-refractivity contribution is -0.137. The van der Waals surface area contributed by atoms with Crippen LogP contribution in [0.2, 0.25) is 0 Å². The summed E-state index contributed by atoms with van der Waals surface area (Å²) in [7, 11) is 0. The van der Waals surface area contributed by atoms with Crippen molar-refractivity contribution in [3.05, 3.63) is 0 Å². The minimum atomic E-state index is -0.930. The van der Waals surface area contributed by atoms with Gasteiger partial charge in [0.15, 0.2) is 0 Å². The summed E-state index contributed by atoms with van der Waals surface area (Å²) in [5.41, 5.74) is 5.63. The summed E-state index contributed by atoms with van der Waals surface area (Å²) >= 11 is 0. The van der Waals surface area contributed by atoms with Gasteiger partial charge >= 0.3 is 5.97 Å². The highest BCUT2D eigenvalue weighted by Gasteiger charge is 2.20. The highest BCUT2D eigenvalue weighted by Crippen LogP contribution is 2.19. The van der Waals surface area contributed by atoms with E-state index in [4.69, 9.17) is 10.8 Å². The lowest BCUT2D eigenvalue weighted by Gasteiger charge is -2.25. The normalized spacial score (nSPS) is 13.1. The van der Waals surface area contributed by atoms with Crippen molar-refractivity contribution in [1.29, 1.82) is 0 Å². The molecule has 18 heavy (non-hydrogen) atoms. The standard InChI is InChI=1S/C13H26N2O3/c1-8(2)10(9(3)4)7-15-13(18)11(14)5-6-12(16)17/h8-11H,5-7,14H2,1-4H3,(H,15,18)(H,16,17). The predicted octanol–water partition coefficient (Wildman–Crippen LogP) is 1.22. The molecule has 5 nitrogen and oxygen atoms in total. The summed E-state index contributed by atoms with van der Waals surface area (Å²) in [5.74, 6) is 0.185. The maximum atomic E-state index is 11.7. The second-order valence-corrected chi connectivity index (χ2v) is 5.44. The number of amides is 1. The molecule has 0 saturated heterocycles. The molecule has 0 aliphatic carbocycles. The van der Waals surface area contributed by atoms with E-state index in [9.17, 15) is 9.59 Å². The van der Waals surface area contributed by atoms with Crippen LogP contribution in [0.3, 0.4) is 0 Å². The van der Waals surface area contributed by atoms with Crippen LogP contribution in [-0.2, 0) is 9.59 Å². The van der Waals surface area contributed by atoms with Crippen LogP contribution in [0.1, 0.15) is 40.5 Å². The fourth-order valence-electron chi connectivity index (χ4n) is 2.00. The van der Waals surface area contributed by atoms with E-state index in [1.165, 1.54) is 0 Å². The quantitative estimate of drug-likeness (QED) is 0.610. The zero-order valence-electron chi connectivity index (χ0n) is 11.8. The van der Waals surface area contributed by atoms with Gasteiger partial charge in [0.2, 0.25) is 5.91 Å². The van der Waals surface area contributed by atoms with E-state index in [1.54, 1.807) is 0 Å². The van der Waals surface area contributed by atoms with Gasteiger partial charge in [-0.2, -0.15) is 0 Å². The van der Waals surface area contributed by atoms with Crippen molar-refractivity contribution < 1.29 is 14.7 Å². The zero-order chi connectivity index (χ0) is 14.3. The monoisotopic (exact) mass is 258 g/mol. The van der Waals surface area contributed by atoms with Crippen molar-refractivity contribution in [2.24, 2.45) is 23.5 Å². The lowest BCUT2D eigenvalue weighted by atomic mass is 9.85. The van der Waals surface area contributed by atoms with Crippen LogP contribution in [0.5, 0.6) is 0 Å². The largest absolute Gasteiger partial charge is 0.481 e. The van der Waals surface area contributed by atoms with E-state index in [2.05, 4.69) is 33.0 Å². The number of carbonyl (C=O) groups excluding carboxylic acids is 1. The van der Waals surface area contributed by atoms with Crippen molar-refractivity contribution in [3.8, 4) is 0 Å². The Morgan fingerprint density at radius 1 is 1.17 bits per heavy atom. The summed E-state index contributed by atoms with van der Waals surface area (Å²) in [4.78, 5) is 22.1. The molecule has 106 valence electrons. The number of nitrogens with one attached hydrogen (secondary N) is 1. The number of hydrogen-bond donors (Lipinski definition) is 3. The van der Waals surface area contributed by atoms with Crippen LogP contribution in [0.4, 0.5) is 0 Å². The molecule has 1 unspecified atom stereocenters. The number of rotatable bonds is 8. The second kappa shape index (κ2) is 8.08. The van der Waals surface area contributed by atoms with Crippen molar-refractivity contribution in [3.63, 3.8) is 0 Å². The highest BCUT2D eigenvalue weighted by molar-refractivity contribution is 5.82. The molecule has 0 aromatic rings. The Morgan fingerprint density at radius 2 is 1.67 bits per heavy atom. The third kappa shape index (κ3) is 6.59. The van der Waals surface area contributed by atoms with Gasteiger partial charge in [-0.1, -0.05) is 27.7 Å². The first-order chi connectivity index (χ1) is 8.25. The van der Waals surface area contributed by atoms with E-state index in [-0.39, 0.29) is 18.7 Å². The molecular formula is C13H26N2O3. The fourth-order valence-corrected chi connectivity index (χ4v) is 2.00. The molecule has 4 N–H and O–H groups in total. The van der Waals surface area contributed by atoms with Crippen molar-refractivity contribution >= 4 is 11.9 Å². The van der Waals surface area contributed by atoms with Gasteiger partial charge < -0.3 is 16.2 Å². The van der Waals surface area contributed by atoms with Crippen LogP contribution in [0.25, 0.3) is 0 Å². The van der Waals surface area contributed by atoms with Crippen LogP contribution >= 0.6 is 0 Å². The average Bonchev–Trinajstić information content (AvgIpc) is 2.24. The van der Waals surface area contributed by atoms with Gasteiger partial charge in [0.25, 0.3) is 0 Å². The maximum Gasteiger partial charge on any atom is 0.303 e. The second-order valence-electron chi connectivity index (χ2n) is 5.44. The average molecular weight is 258 g/mol. The van der Waals surface area contributed by atoms with Crippen LogP contribution in [0.15, 0.2) is 0 Å². The molecule has 0 rings (SSSR count). The van der Waals surface area contributed by atoms with E-state index in [0.29, 0.717) is 24.3 Å². The molecular weight excluding hydrogens is 232 g/mol. The van der Waals surface area contributed by atoms with E-state index in [1.807, 2.05) is 0 Å². The van der Waals surface area contributed by atoms with Gasteiger partial charge in [-0.25, -0.2) is 0 Å². The molecule has 0 aromatic carbocycles. The van der Waals surface area contributed by atoms with E-state index >= 15 is 0 Å². The topological polar surface area (TPSA) is 92.4 Å². The van der Waals surface area contributed by atoms with Crippen molar-refractivity contribution in [2.45, 2.75) is 46.6 Å². The summed E-state index contributed by atoms with van der Waals surface area (Å²) in [6, 6.07) is -0.735. The van der Waals surface area contributed by atoms with Gasteiger partial charge in [0.05, 0.1) is 6.04 Å². The van der Waals surface area contributed by atoms with E-state index < -0.39 is 12.0 Å². The molecule has 0 aliphatic heterocycles. The number of carboxylic acid groups (broad SMARTS) is 1. The minimum Gasteiger partial charge on any atom is -0.481 e. The molecule has 1 atom stereocenters. The first kappa shape index (κ1) is 16.9. The first-order valence-electron chi connectivity index (χ1n) is 6.50. The summed E-state index contributed by atoms with van der Waals surface area (Å²) in [5, 5.41) is 11.3. The molecule has 0 fully saturated rings. The van der Waals surface area contributed by atoms with Crippen molar-refractivity contribution in [1.82, 2.24) is 5.32 Å². The van der Waals surface area contributed by atoms with Gasteiger partial charge in [-0.3, -0.25) is 9.59 Å². The number of carboxylic acids is 1. The Bertz CT molecular complexity index is 269. The number of carbonyl (C=O) groups is 2. The Balaban J connectivity index is 4.11. The molecule has 0 aromatic heterocycles. The smallest absolute Gasteiger partial charge is 0.303 e. The predicted molar refractivity (Wildman–Crippen MR) is 71.0 cm³/mol. The summed E-state index contributed by atoms with van der Waals surface area (Å²) in [6.45, 7) is 9.10. The maximum absolute atomic E-state index is 11.7. The lowest BCUT2D eigenvalue weighted by Crippen LogP contribution is -2.44. The molecule has 0 saturated carbocycles. The number of hydrogen-bond acceptors (Lipinski definition) is 3. The van der Waals surface area contributed by atoms with Crippen LogP contribution in [0, 0.1) is 17.8 Å². The van der Waals surface area contributed by atoms with Gasteiger partial charge in [-0.15, -0.1) is 0 Å². The fraction of sp³-hybridized carbons (Fsp3) is 0.846. The Kier molecular flexibility index (Phi) is 7.59. The summed E-state index contributed by atoms with van der Waals surface area (Å²) < 4.78 is 0. The first-order valence-corrected chi connectivity index (χ1v) is 6.50. The van der Waals surface area contributed by atoms with Crippen molar-refractivity contribution in [2.75, 3.05) is 6.54 Å². The van der Waals surface area contributed by atoms with Crippen LogP contribution in [-0.4, -0.2) is 29.6 Å². The third-order valence-corrected chi connectivity index (χ3v) is 3.23. The van der Waals surface area contributed by atoms with E-state index in [0.717, 1.165) is 0 Å². The number of nitrogens with two attached hydrogens (primary N) is 1. The molecule has 0 aliphatic rings. The number of aliphatic carboxylic acids is 1. The third-order valence-electron chi connectivity index (χ3n) is 3.23. The minimum absolute atomic E-state index is 0.0770. The molecule has 5 heteroatoms. The Hall–Kier alpha value is -1.10. The van der Waals surface area contributed by atoms with Crippen LogP contribution < -0.4 is 11.1 Å². The molecule has 0 bridgehead atoms. The Morgan fingerprint density at radius 3 is 2.06 bits per heavy atom. The van der Waals surface area contributed by atoms with Gasteiger partial charge in [-0.05, 0) is 24.2 Å². The van der Waals surface area contributed by atoms with Gasteiger partial charge in [0.1, 0.15) is 0 Å². The Labute approximate surface area is 109 Å². The SMILES string of the molecule is CC(C)C(CNC(=O)C(N)CCC(=O)O)C(C)C. The zero-order valence-corrected chi connectivity index (χ0v) is 11.8. The molecule has 1 amide bonds. The molecule has 0 spiro atoms. The van der Waals surface area contributed by atoms with Gasteiger partial charge in [0, 0.05) is 13.0 Å².